The number of carbonyl (C=O) groups excluding carboxylic acids is 1. The molecule has 7 nitrogen and oxygen atoms in total. The number of hydrogen-bond acceptors (Lipinski definition) is 6. The minimum Gasteiger partial charge on any atom is -0.497 e. The Kier molecular flexibility index (Phi) is 5.93. The van der Waals surface area contributed by atoms with Gasteiger partial charge in [0.25, 0.3) is 5.91 Å². The predicted molar refractivity (Wildman–Crippen MR) is 104 cm³/mol. The van der Waals surface area contributed by atoms with Crippen LogP contribution >= 0.6 is 0 Å². The van der Waals surface area contributed by atoms with Crippen LogP contribution in [0.15, 0.2) is 47.0 Å². The SMILES string of the molecule is CCN(Cc1nc(-c2cccc(C)c2)no1)C(=O)c1ccc(OC)cc1OC. The molecule has 1 aromatic heterocycles. The van der Waals surface area contributed by atoms with Crippen LogP contribution in [0.4, 0.5) is 0 Å². The number of carbonyl (C=O) groups is 1. The molecule has 0 atom stereocenters. The molecule has 0 radical (unpaired) electrons. The van der Waals surface area contributed by atoms with Crippen molar-refractivity contribution >= 4 is 5.91 Å². The number of amides is 1. The van der Waals surface area contributed by atoms with Crippen molar-refractivity contribution in [3.05, 3.63) is 59.5 Å². The quantitative estimate of drug-likeness (QED) is 0.621. The van der Waals surface area contributed by atoms with Gasteiger partial charge in [-0.15, -0.1) is 0 Å². The molecule has 3 rings (SSSR count). The zero-order chi connectivity index (χ0) is 20.1. The molecule has 146 valence electrons. The summed E-state index contributed by atoms with van der Waals surface area (Å²) >= 11 is 0. The molecule has 0 bridgehead atoms. The van der Waals surface area contributed by atoms with Crippen molar-refractivity contribution < 1.29 is 18.8 Å². The van der Waals surface area contributed by atoms with Gasteiger partial charge in [0.05, 0.1) is 19.8 Å². The molecule has 0 aliphatic carbocycles. The van der Waals surface area contributed by atoms with Crippen molar-refractivity contribution in [3.63, 3.8) is 0 Å². The Hall–Kier alpha value is -3.35. The van der Waals surface area contributed by atoms with Crippen LogP contribution in [0, 0.1) is 6.92 Å². The van der Waals surface area contributed by atoms with E-state index >= 15 is 0 Å². The topological polar surface area (TPSA) is 77.7 Å². The molecule has 0 saturated heterocycles. The fourth-order valence-corrected chi connectivity index (χ4v) is 2.86. The lowest BCUT2D eigenvalue weighted by Crippen LogP contribution is -2.30. The van der Waals surface area contributed by atoms with Crippen LogP contribution in [0.25, 0.3) is 11.4 Å². The second-order valence-electron chi connectivity index (χ2n) is 6.27. The average Bonchev–Trinajstić information content (AvgIpc) is 3.19. The van der Waals surface area contributed by atoms with E-state index in [1.165, 1.54) is 7.11 Å². The lowest BCUT2D eigenvalue weighted by atomic mass is 10.1. The highest BCUT2D eigenvalue weighted by atomic mass is 16.5. The van der Waals surface area contributed by atoms with E-state index in [0.29, 0.717) is 35.3 Å². The van der Waals surface area contributed by atoms with E-state index < -0.39 is 0 Å². The van der Waals surface area contributed by atoms with Crippen LogP contribution in [0.1, 0.15) is 28.7 Å². The summed E-state index contributed by atoms with van der Waals surface area (Å²) in [6.07, 6.45) is 0. The minimum absolute atomic E-state index is 0.183. The summed E-state index contributed by atoms with van der Waals surface area (Å²) in [6, 6.07) is 13.0. The molecule has 1 heterocycles. The van der Waals surface area contributed by atoms with E-state index in [-0.39, 0.29) is 12.5 Å². The summed E-state index contributed by atoms with van der Waals surface area (Å²) in [5.74, 6) is 1.77. The smallest absolute Gasteiger partial charge is 0.258 e. The Balaban J connectivity index is 1.80. The number of benzene rings is 2. The first-order chi connectivity index (χ1) is 13.5. The molecule has 1 amide bonds. The van der Waals surface area contributed by atoms with E-state index in [0.717, 1.165) is 11.1 Å². The maximum atomic E-state index is 13.0. The first-order valence-corrected chi connectivity index (χ1v) is 8.96. The van der Waals surface area contributed by atoms with Gasteiger partial charge >= 0.3 is 0 Å². The van der Waals surface area contributed by atoms with E-state index in [9.17, 15) is 4.79 Å². The summed E-state index contributed by atoms with van der Waals surface area (Å²) in [7, 11) is 3.09. The Bertz CT molecular complexity index is 968. The number of aromatic nitrogens is 2. The molecule has 3 aromatic rings. The minimum atomic E-state index is -0.183. The lowest BCUT2D eigenvalue weighted by Gasteiger charge is -2.20. The van der Waals surface area contributed by atoms with Gasteiger partial charge in [-0.25, -0.2) is 0 Å². The fraction of sp³-hybridized carbons (Fsp3) is 0.286. The molecule has 0 spiro atoms. The van der Waals surface area contributed by atoms with Gasteiger partial charge in [0.15, 0.2) is 0 Å². The number of methoxy groups -OCH3 is 2. The number of nitrogens with zero attached hydrogens (tertiary/aromatic N) is 3. The molecule has 7 heteroatoms. The third kappa shape index (κ3) is 4.14. The zero-order valence-electron chi connectivity index (χ0n) is 16.4. The summed E-state index contributed by atoms with van der Waals surface area (Å²) < 4.78 is 15.9. The maximum Gasteiger partial charge on any atom is 0.258 e. The van der Waals surface area contributed by atoms with Crippen molar-refractivity contribution in [2.24, 2.45) is 0 Å². The molecule has 0 N–H and O–H groups in total. The predicted octanol–water partition coefficient (Wildman–Crippen LogP) is 3.72. The van der Waals surface area contributed by atoms with Crippen LogP contribution in [0.2, 0.25) is 0 Å². The Morgan fingerprint density at radius 3 is 2.64 bits per heavy atom. The molecule has 0 fully saturated rings. The highest BCUT2D eigenvalue weighted by Gasteiger charge is 2.21. The van der Waals surface area contributed by atoms with E-state index in [2.05, 4.69) is 10.1 Å². The summed E-state index contributed by atoms with van der Waals surface area (Å²) in [5.41, 5.74) is 2.44. The van der Waals surface area contributed by atoms with E-state index in [1.807, 2.05) is 38.1 Å². The van der Waals surface area contributed by atoms with Gasteiger partial charge in [-0.2, -0.15) is 4.98 Å². The first-order valence-electron chi connectivity index (χ1n) is 8.96. The monoisotopic (exact) mass is 381 g/mol. The van der Waals surface area contributed by atoms with Gasteiger partial charge in [0, 0.05) is 18.2 Å². The standard InChI is InChI=1S/C21H23N3O4/c1-5-24(21(25)17-10-9-16(26-3)12-18(17)27-4)13-19-22-20(23-28-19)15-8-6-7-14(2)11-15/h6-12H,5,13H2,1-4H3. The lowest BCUT2D eigenvalue weighted by molar-refractivity contribution is 0.0731. The molecule has 28 heavy (non-hydrogen) atoms. The molecule has 0 unspecified atom stereocenters. The Morgan fingerprint density at radius 1 is 1.14 bits per heavy atom. The van der Waals surface area contributed by atoms with Crippen molar-refractivity contribution in [2.45, 2.75) is 20.4 Å². The third-order valence-electron chi connectivity index (χ3n) is 4.38. The summed E-state index contributed by atoms with van der Waals surface area (Å²) in [6.45, 7) is 4.59. The fourth-order valence-electron chi connectivity index (χ4n) is 2.86. The van der Waals surface area contributed by atoms with Crippen LogP contribution in [-0.2, 0) is 6.54 Å². The Morgan fingerprint density at radius 2 is 1.96 bits per heavy atom. The van der Waals surface area contributed by atoms with Crippen molar-refractivity contribution in [1.82, 2.24) is 15.0 Å². The average molecular weight is 381 g/mol. The molecule has 0 saturated carbocycles. The maximum absolute atomic E-state index is 13.0. The van der Waals surface area contributed by atoms with Crippen LogP contribution < -0.4 is 9.47 Å². The summed E-state index contributed by atoms with van der Waals surface area (Å²) in [5, 5.41) is 4.04. The molecule has 0 aliphatic rings. The van der Waals surface area contributed by atoms with Gasteiger partial charge in [0.1, 0.15) is 18.0 Å². The number of hydrogen-bond donors (Lipinski definition) is 0. The summed E-state index contributed by atoms with van der Waals surface area (Å²) in [4.78, 5) is 19.1. The van der Waals surface area contributed by atoms with E-state index in [1.54, 1.807) is 30.2 Å². The third-order valence-corrected chi connectivity index (χ3v) is 4.38. The first kappa shape index (κ1) is 19.4. The van der Waals surface area contributed by atoms with Gasteiger partial charge in [0.2, 0.25) is 11.7 Å². The molecule has 0 aliphatic heterocycles. The molecular formula is C21H23N3O4. The van der Waals surface area contributed by atoms with Crippen LogP contribution in [0.5, 0.6) is 11.5 Å². The number of ether oxygens (including phenoxy) is 2. The normalized spacial score (nSPS) is 10.6. The highest BCUT2D eigenvalue weighted by Crippen LogP contribution is 2.26. The largest absolute Gasteiger partial charge is 0.497 e. The van der Waals surface area contributed by atoms with Crippen molar-refractivity contribution in [3.8, 4) is 22.9 Å². The van der Waals surface area contributed by atoms with Crippen molar-refractivity contribution in [2.75, 3.05) is 20.8 Å². The number of aryl methyl sites for hydroxylation is 1. The molecular weight excluding hydrogens is 358 g/mol. The highest BCUT2D eigenvalue weighted by molar-refractivity contribution is 5.97. The second-order valence-corrected chi connectivity index (χ2v) is 6.27. The van der Waals surface area contributed by atoms with Gasteiger partial charge in [-0.3, -0.25) is 4.79 Å². The van der Waals surface area contributed by atoms with Crippen LogP contribution in [0.3, 0.4) is 0 Å². The van der Waals surface area contributed by atoms with Crippen LogP contribution in [-0.4, -0.2) is 41.7 Å². The second kappa shape index (κ2) is 8.56. The van der Waals surface area contributed by atoms with Gasteiger partial charge in [-0.05, 0) is 32.0 Å². The van der Waals surface area contributed by atoms with Gasteiger partial charge in [-0.1, -0.05) is 28.9 Å². The molecule has 2 aromatic carbocycles. The van der Waals surface area contributed by atoms with Crippen molar-refractivity contribution in [1.29, 1.82) is 0 Å². The van der Waals surface area contributed by atoms with Gasteiger partial charge < -0.3 is 18.9 Å². The van der Waals surface area contributed by atoms with E-state index in [4.69, 9.17) is 14.0 Å². The zero-order valence-corrected chi connectivity index (χ0v) is 16.4. The Labute approximate surface area is 163 Å². The number of rotatable bonds is 7.